The van der Waals surface area contributed by atoms with E-state index in [1.54, 1.807) is 24.3 Å². The third-order valence-corrected chi connectivity index (χ3v) is 3.20. The van der Waals surface area contributed by atoms with Gasteiger partial charge < -0.3 is 15.8 Å². The molecule has 2 aromatic rings. The first-order valence-corrected chi connectivity index (χ1v) is 7.07. The molecule has 0 fully saturated rings. The number of anilines is 1. The van der Waals surface area contributed by atoms with E-state index >= 15 is 0 Å². The molecule has 1 amide bonds. The third kappa shape index (κ3) is 4.46. The molecule has 0 radical (unpaired) electrons. The van der Waals surface area contributed by atoms with E-state index < -0.39 is 11.7 Å². The number of nitrogens with one attached hydrogen (secondary N) is 1. The van der Waals surface area contributed by atoms with Gasteiger partial charge in [-0.15, -0.1) is 0 Å². The highest BCUT2D eigenvalue weighted by molar-refractivity contribution is 9.10. The number of nitrogen functional groups attached to an aromatic ring is 1. The monoisotopic (exact) mass is 352 g/mol. The fourth-order valence-corrected chi connectivity index (χ4v) is 2.03. The van der Waals surface area contributed by atoms with E-state index in [2.05, 4.69) is 21.2 Å². The Morgan fingerprint density at radius 1 is 1.24 bits per heavy atom. The Balaban J connectivity index is 1.81. The quantitative estimate of drug-likeness (QED) is 0.642. The second-order valence-corrected chi connectivity index (χ2v) is 5.21. The van der Waals surface area contributed by atoms with Crippen LogP contribution >= 0.6 is 15.9 Å². The van der Waals surface area contributed by atoms with Crippen LogP contribution in [-0.2, 0) is 0 Å². The summed E-state index contributed by atoms with van der Waals surface area (Å²) >= 11 is 3.20. The number of halogens is 2. The highest BCUT2D eigenvalue weighted by atomic mass is 79.9. The van der Waals surface area contributed by atoms with Gasteiger partial charge in [0.2, 0.25) is 0 Å². The van der Waals surface area contributed by atoms with Crippen LogP contribution in [0.1, 0.15) is 10.4 Å². The maximum atomic E-state index is 13.5. The maximum absolute atomic E-state index is 13.5. The predicted octanol–water partition coefficient (Wildman–Crippen LogP) is 2.98. The average molecular weight is 353 g/mol. The standard InChI is InChI=1S/C15H14BrFN2O2/c16-10-1-6-14(17)13(9-10)15(20)19-7-8-21-12-4-2-11(18)3-5-12/h1-6,9H,7-8,18H2,(H,19,20). The predicted molar refractivity (Wildman–Crippen MR) is 82.8 cm³/mol. The number of rotatable bonds is 5. The molecule has 6 heteroatoms. The summed E-state index contributed by atoms with van der Waals surface area (Å²) < 4.78 is 19.6. The maximum Gasteiger partial charge on any atom is 0.254 e. The van der Waals surface area contributed by atoms with Crippen LogP contribution < -0.4 is 15.8 Å². The normalized spacial score (nSPS) is 10.2. The molecule has 3 N–H and O–H groups in total. The van der Waals surface area contributed by atoms with Gasteiger partial charge in [-0.25, -0.2) is 4.39 Å². The molecule has 0 saturated carbocycles. The van der Waals surface area contributed by atoms with Crippen molar-refractivity contribution in [1.29, 1.82) is 0 Å². The molecule has 0 spiro atoms. The highest BCUT2D eigenvalue weighted by Crippen LogP contribution is 2.15. The van der Waals surface area contributed by atoms with Crippen LogP contribution in [0.15, 0.2) is 46.9 Å². The Morgan fingerprint density at radius 2 is 1.95 bits per heavy atom. The van der Waals surface area contributed by atoms with Crippen LogP contribution in [-0.4, -0.2) is 19.1 Å². The first-order valence-electron chi connectivity index (χ1n) is 6.28. The molecular formula is C15H14BrFN2O2. The summed E-state index contributed by atoms with van der Waals surface area (Å²) in [7, 11) is 0. The largest absolute Gasteiger partial charge is 0.492 e. The number of benzene rings is 2. The Morgan fingerprint density at radius 3 is 2.67 bits per heavy atom. The van der Waals surface area contributed by atoms with Gasteiger partial charge in [0.15, 0.2) is 0 Å². The molecule has 110 valence electrons. The number of hydrogen-bond donors (Lipinski definition) is 2. The molecule has 0 heterocycles. The first kappa shape index (κ1) is 15.3. The van der Waals surface area contributed by atoms with Gasteiger partial charge in [-0.1, -0.05) is 15.9 Å². The lowest BCUT2D eigenvalue weighted by atomic mass is 10.2. The summed E-state index contributed by atoms with van der Waals surface area (Å²) in [6, 6.07) is 11.2. The molecule has 0 saturated heterocycles. The van der Waals surface area contributed by atoms with Crippen molar-refractivity contribution in [3.05, 3.63) is 58.3 Å². The summed E-state index contributed by atoms with van der Waals surface area (Å²) in [5.74, 6) is -0.378. The minimum atomic E-state index is -0.560. The Hall–Kier alpha value is -2.08. The SMILES string of the molecule is Nc1ccc(OCCNC(=O)c2cc(Br)ccc2F)cc1. The second-order valence-electron chi connectivity index (χ2n) is 4.30. The third-order valence-electron chi connectivity index (χ3n) is 2.71. The number of carbonyl (C=O) groups is 1. The Kier molecular flexibility index (Phi) is 5.16. The second kappa shape index (κ2) is 7.08. The summed E-state index contributed by atoms with van der Waals surface area (Å²) in [5, 5.41) is 2.60. The van der Waals surface area contributed by atoms with E-state index in [0.717, 1.165) is 0 Å². The van der Waals surface area contributed by atoms with Crippen molar-refractivity contribution in [3.63, 3.8) is 0 Å². The molecule has 2 rings (SSSR count). The smallest absolute Gasteiger partial charge is 0.254 e. The van der Waals surface area contributed by atoms with Crippen LogP contribution in [0.4, 0.5) is 10.1 Å². The van der Waals surface area contributed by atoms with Crippen LogP contribution in [0.5, 0.6) is 5.75 Å². The molecule has 0 bridgehead atoms. The number of ether oxygens (including phenoxy) is 1. The van der Waals surface area contributed by atoms with E-state index in [-0.39, 0.29) is 18.7 Å². The molecule has 0 aromatic heterocycles. The average Bonchev–Trinajstić information content (AvgIpc) is 2.47. The van der Waals surface area contributed by atoms with Crippen molar-refractivity contribution < 1.29 is 13.9 Å². The topological polar surface area (TPSA) is 64.3 Å². The van der Waals surface area contributed by atoms with Gasteiger partial charge in [-0.3, -0.25) is 4.79 Å². The van der Waals surface area contributed by atoms with Gasteiger partial charge in [-0.2, -0.15) is 0 Å². The lowest BCUT2D eigenvalue weighted by molar-refractivity contribution is 0.0943. The lowest BCUT2D eigenvalue weighted by Gasteiger charge is -2.08. The van der Waals surface area contributed by atoms with Gasteiger partial charge in [0.1, 0.15) is 18.2 Å². The van der Waals surface area contributed by atoms with Gasteiger partial charge in [0.25, 0.3) is 5.91 Å². The highest BCUT2D eigenvalue weighted by Gasteiger charge is 2.11. The fraction of sp³-hybridized carbons (Fsp3) is 0.133. The van der Waals surface area contributed by atoms with E-state index in [1.165, 1.54) is 18.2 Å². The molecule has 0 atom stereocenters. The first-order chi connectivity index (χ1) is 10.1. The lowest BCUT2D eigenvalue weighted by Crippen LogP contribution is -2.28. The molecule has 0 aliphatic rings. The van der Waals surface area contributed by atoms with Crippen molar-refractivity contribution in [2.45, 2.75) is 0 Å². The molecule has 21 heavy (non-hydrogen) atoms. The minimum absolute atomic E-state index is 0.00291. The number of hydrogen-bond acceptors (Lipinski definition) is 3. The Labute approximate surface area is 130 Å². The summed E-state index contributed by atoms with van der Waals surface area (Å²) in [6.07, 6.45) is 0. The van der Waals surface area contributed by atoms with Crippen LogP contribution in [0.25, 0.3) is 0 Å². The summed E-state index contributed by atoms with van der Waals surface area (Å²) in [4.78, 5) is 11.8. The van der Waals surface area contributed by atoms with E-state index in [4.69, 9.17) is 10.5 Å². The van der Waals surface area contributed by atoms with Crippen molar-refractivity contribution in [1.82, 2.24) is 5.32 Å². The van der Waals surface area contributed by atoms with Crippen LogP contribution in [0.3, 0.4) is 0 Å². The van der Waals surface area contributed by atoms with Crippen molar-refractivity contribution in [2.75, 3.05) is 18.9 Å². The number of amides is 1. The molecule has 2 aromatic carbocycles. The van der Waals surface area contributed by atoms with E-state index in [9.17, 15) is 9.18 Å². The summed E-state index contributed by atoms with van der Waals surface area (Å²) in [6.45, 7) is 0.556. The molecule has 0 unspecified atom stereocenters. The van der Waals surface area contributed by atoms with E-state index in [1.807, 2.05) is 0 Å². The van der Waals surface area contributed by atoms with Gasteiger partial charge in [0.05, 0.1) is 12.1 Å². The zero-order valence-electron chi connectivity index (χ0n) is 11.1. The molecule has 0 aliphatic heterocycles. The van der Waals surface area contributed by atoms with Gasteiger partial charge in [-0.05, 0) is 42.5 Å². The molecular weight excluding hydrogens is 339 g/mol. The van der Waals surface area contributed by atoms with Crippen molar-refractivity contribution in [2.24, 2.45) is 0 Å². The molecule has 4 nitrogen and oxygen atoms in total. The van der Waals surface area contributed by atoms with Crippen molar-refractivity contribution >= 4 is 27.5 Å². The minimum Gasteiger partial charge on any atom is -0.492 e. The van der Waals surface area contributed by atoms with Crippen molar-refractivity contribution in [3.8, 4) is 5.75 Å². The number of carbonyl (C=O) groups excluding carboxylic acids is 1. The molecule has 0 aliphatic carbocycles. The summed E-state index contributed by atoms with van der Waals surface area (Å²) in [5.41, 5.74) is 6.21. The van der Waals surface area contributed by atoms with Crippen LogP contribution in [0.2, 0.25) is 0 Å². The van der Waals surface area contributed by atoms with Gasteiger partial charge in [0, 0.05) is 10.2 Å². The zero-order chi connectivity index (χ0) is 15.2. The zero-order valence-corrected chi connectivity index (χ0v) is 12.7. The van der Waals surface area contributed by atoms with Gasteiger partial charge >= 0.3 is 0 Å². The fourth-order valence-electron chi connectivity index (χ4n) is 1.66. The van der Waals surface area contributed by atoms with E-state index in [0.29, 0.717) is 15.9 Å². The number of nitrogens with two attached hydrogens (primary N) is 1. The van der Waals surface area contributed by atoms with Crippen LogP contribution in [0, 0.1) is 5.82 Å². The Bertz CT molecular complexity index is 632.